The Kier molecular flexibility index (Phi) is 5.06. The lowest BCUT2D eigenvalue weighted by molar-refractivity contribution is 0.0759. The van der Waals surface area contributed by atoms with Crippen molar-refractivity contribution in [1.82, 2.24) is 14.9 Å². The summed E-state index contributed by atoms with van der Waals surface area (Å²) in [5.41, 5.74) is 3.72. The molecule has 1 N–H and O–H groups in total. The number of anilines is 1. The third kappa shape index (κ3) is 3.26. The number of thiophene rings is 1. The number of nitrogens with one attached hydrogen (secondary N) is 1. The van der Waals surface area contributed by atoms with Crippen molar-refractivity contribution < 1.29 is 4.79 Å². The maximum atomic E-state index is 12.9. The minimum Gasteiger partial charge on any atom is -0.363 e. The number of hydrogen-bond acceptors (Lipinski definition) is 5. The van der Waals surface area contributed by atoms with Crippen molar-refractivity contribution in [2.45, 2.75) is 52.1 Å². The number of carbonyl (C=O) groups is 1. The molecule has 2 heterocycles. The zero-order valence-electron chi connectivity index (χ0n) is 16.8. The van der Waals surface area contributed by atoms with Crippen LogP contribution in [0.5, 0.6) is 0 Å². The number of aryl methyl sites for hydroxylation is 2. The molecule has 0 saturated heterocycles. The molecule has 1 aliphatic rings. The van der Waals surface area contributed by atoms with Crippen LogP contribution in [0.25, 0.3) is 10.2 Å². The summed E-state index contributed by atoms with van der Waals surface area (Å²) in [6, 6.07) is 9.02. The second-order valence-corrected chi connectivity index (χ2v) is 8.76. The molecule has 4 rings (SSSR count). The molecule has 0 unspecified atom stereocenters. The summed E-state index contributed by atoms with van der Waals surface area (Å²) in [6.45, 7) is 6.05. The molecule has 1 aromatic carbocycles. The highest BCUT2D eigenvalue weighted by molar-refractivity contribution is 7.20. The second-order valence-electron chi connectivity index (χ2n) is 7.76. The Morgan fingerprint density at radius 1 is 1.29 bits per heavy atom. The van der Waals surface area contributed by atoms with E-state index in [4.69, 9.17) is 0 Å². The number of rotatable bonds is 4. The molecule has 0 spiro atoms. The van der Waals surface area contributed by atoms with Crippen molar-refractivity contribution in [3.63, 3.8) is 0 Å². The molecule has 0 saturated carbocycles. The first-order chi connectivity index (χ1) is 13.5. The van der Waals surface area contributed by atoms with Gasteiger partial charge in [0.05, 0.1) is 16.3 Å². The van der Waals surface area contributed by atoms with Gasteiger partial charge in [-0.1, -0.05) is 24.3 Å². The van der Waals surface area contributed by atoms with Gasteiger partial charge in [-0.25, -0.2) is 9.97 Å². The van der Waals surface area contributed by atoms with Crippen LogP contribution in [0.4, 0.5) is 5.82 Å². The van der Waals surface area contributed by atoms with Gasteiger partial charge < -0.3 is 10.2 Å². The lowest BCUT2D eigenvalue weighted by Gasteiger charge is -2.27. The van der Waals surface area contributed by atoms with E-state index in [1.807, 2.05) is 27.8 Å². The van der Waals surface area contributed by atoms with Gasteiger partial charge in [0.25, 0.3) is 5.91 Å². The topological polar surface area (TPSA) is 58.1 Å². The minimum absolute atomic E-state index is 0.0458. The summed E-state index contributed by atoms with van der Waals surface area (Å²) in [4.78, 5) is 25.3. The van der Waals surface area contributed by atoms with Gasteiger partial charge >= 0.3 is 0 Å². The quantitative estimate of drug-likeness (QED) is 0.679. The van der Waals surface area contributed by atoms with Crippen molar-refractivity contribution in [2.24, 2.45) is 0 Å². The summed E-state index contributed by atoms with van der Waals surface area (Å²) in [7, 11) is 1.85. The number of benzene rings is 1. The van der Waals surface area contributed by atoms with E-state index >= 15 is 0 Å². The van der Waals surface area contributed by atoms with Crippen molar-refractivity contribution >= 4 is 33.3 Å². The molecule has 0 fully saturated rings. The van der Waals surface area contributed by atoms with E-state index in [1.54, 1.807) is 11.2 Å². The first-order valence-electron chi connectivity index (χ1n) is 9.83. The van der Waals surface area contributed by atoms with Crippen LogP contribution < -0.4 is 5.32 Å². The van der Waals surface area contributed by atoms with Gasteiger partial charge in [0, 0.05) is 13.1 Å². The number of nitrogens with zero attached hydrogens (tertiary/aromatic N) is 3. The third-order valence-electron chi connectivity index (χ3n) is 5.70. The summed E-state index contributed by atoms with van der Waals surface area (Å²) < 4.78 is 0. The number of fused-ring (bicyclic) bond motifs is 2. The molecule has 28 heavy (non-hydrogen) atoms. The van der Waals surface area contributed by atoms with Gasteiger partial charge in [0.15, 0.2) is 0 Å². The largest absolute Gasteiger partial charge is 0.363 e. The number of carbonyl (C=O) groups excluding carboxylic acids is 1. The second kappa shape index (κ2) is 7.51. The molecule has 146 valence electrons. The van der Waals surface area contributed by atoms with E-state index < -0.39 is 0 Å². The van der Waals surface area contributed by atoms with Crippen LogP contribution in [0.15, 0.2) is 30.6 Å². The zero-order chi connectivity index (χ0) is 19.8. The average Bonchev–Trinajstić information content (AvgIpc) is 3.04. The number of aromatic nitrogens is 2. The van der Waals surface area contributed by atoms with Gasteiger partial charge in [-0.15, -0.1) is 11.3 Å². The van der Waals surface area contributed by atoms with Crippen LogP contribution in [0, 0.1) is 6.92 Å². The molecule has 5 nitrogen and oxygen atoms in total. The number of amides is 1. The maximum Gasteiger partial charge on any atom is 0.264 e. The van der Waals surface area contributed by atoms with E-state index in [0.29, 0.717) is 0 Å². The van der Waals surface area contributed by atoms with E-state index in [1.165, 1.54) is 22.5 Å². The minimum atomic E-state index is 0.0458. The smallest absolute Gasteiger partial charge is 0.264 e. The Morgan fingerprint density at radius 2 is 2.07 bits per heavy atom. The molecule has 1 aliphatic carbocycles. The predicted octanol–water partition coefficient (Wildman–Crippen LogP) is 4.97. The van der Waals surface area contributed by atoms with Crippen molar-refractivity contribution in [2.75, 3.05) is 12.4 Å². The van der Waals surface area contributed by atoms with Gasteiger partial charge in [0.2, 0.25) is 0 Å². The Balaban J connectivity index is 1.73. The van der Waals surface area contributed by atoms with Crippen molar-refractivity contribution in [3.05, 3.63) is 52.2 Å². The molecule has 1 amide bonds. The van der Waals surface area contributed by atoms with Gasteiger partial charge in [-0.2, -0.15) is 0 Å². The highest BCUT2D eigenvalue weighted by Gasteiger charge is 2.25. The first-order valence-corrected chi connectivity index (χ1v) is 10.6. The molecule has 6 heteroatoms. The SMILES string of the molecule is Cc1c(C(=O)N(C)C(C)C)sc2ncnc(N[C@@H]3CCCc4ccccc43)c12. The highest BCUT2D eigenvalue weighted by Crippen LogP contribution is 2.37. The van der Waals surface area contributed by atoms with E-state index in [9.17, 15) is 4.79 Å². The molecular formula is C22H26N4OS. The Bertz CT molecular complexity index is 1030. The molecule has 1 atom stereocenters. The third-order valence-corrected chi connectivity index (χ3v) is 6.88. The maximum absolute atomic E-state index is 12.9. The van der Waals surface area contributed by atoms with Crippen LogP contribution in [-0.4, -0.2) is 33.9 Å². The van der Waals surface area contributed by atoms with Gasteiger partial charge in [0.1, 0.15) is 17.0 Å². The van der Waals surface area contributed by atoms with Crippen LogP contribution in [0.3, 0.4) is 0 Å². The van der Waals surface area contributed by atoms with Gasteiger partial charge in [-0.05, 0) is 56.7 Å². The van der Waals surface area contributed by atoms with E-state index in [-0.39, 0.29) is 18.0 Å². The summed E-state index contributed by atoms with van der Waals surface area (Å²) in [6.07, 6.45) is 4.96. The first kappa shape index (κ1) is 18.9. The van der Waals surface area contributed by atoms with Gasteiger partial charge in [-0.3, -0.25) is 4.79 Å². The monoisotopic (exact) mass is 394 g/mol. The van der Waals surface area contributed by atoms with E-state index in [0.717, 1.165) is 45.7 Å². The van der Waals surface area contributed by atoms with Crippen LogP contribution in [0.2, 0.25) is 0 Å². The Hall–Kier alpha value is -2.47. The lowest BCUT2D eigenvalue weighted by Crippen LogP contribution is -2.32. The molecule has 0 aliphatic heterocycles. The average molecular weight is 395 g/mol. The molecule has 2 aromatic heterocycles. The summed E-state index contributed by atoms with van der Waals surface area (Å²) in [5, 5.41) is 4.62. The molecule has 3 aromatic rings. The predicted molar refractivity (Wildman–Crippen MR) is 115 cm³/mol. The Morgan fingerprint density at radius 3 is 2.86 bits per heavy atom. The van der Waals surface area contributed by atoms with Crippen molar-refractivity contribution in [3.8, 4) is 0 Å². The molecule has 0 radical (unpaired) electrons. The van der Waals surface area contributed by atoms with Crippen LogP contribution in [-0.2, 0) is 6.42 Å². The fraction of sp³-hybridized carbons (Fsp3) is 0.409. The standard InChI is InChI=1S/C22H26N4OS/c1-13(2)26(4)22(27)19-14(3)18-20(23-12-24-21(18)28-19)25-17-11-7-9-15-8-5-6-10-16(15)17/h5-6,8,10,12-13,17H,7,9,11H2,1-4H3,(H,23,24,25)/t17-/m1/s1. The van der Waals surface area contributed by atoms with Crippen molar-refractivity contribution in [1.29, 1.82) is 0 Å². The molecule has 0 bridgehead atoms. The summed E-state index contributed by atoms with van der Waals surface area (Å²) in [5.74, 6) is 0.871. The van der Waals surface area contributed by atoms with Crippen LogP contribution >= 0.6 is 11.3 Å². The fourth-order valence-electron chi connectivity index (χ4n) is 3.85. The molecular weight excluding hydrogens is 368 g/mol. The zero-order valence-corrected chi connectivity index (χ0v) is 17.6. The van der Waals surface area contributed by atoms with E-state index in [2.05, 4.69) is 39.6 Å². The summed E-state index contributed by atoms with van der Waals surface area (Å²) >= 11 is 1.46. The number of hydrogen-bond donors (Lipinski definition) is 1. The Labute approximate surface area is 169 Å². The lowest BCUT2D eigenvalue weighted by atomic mass is 9.87. The fourth-order valence-corrected chi connectivity index (χ4v) is 4.98. The highest BCUT2D eigenvalue weighted by atomic mass is 32.1. The normalized spacial score (nSPS) is 16.2. The van der Waals surface area contributed by atoms with Crippen LogP contribution in [0.1, 0.15) is 59.1 Å².